The molecule has 0 aliphatic rings. The predicted molar refractivity (Wildman–Crippen MR) is 98.1 cm³/mol. The Kier molecular flexibility index (Phi) is 6.81. The molecule has 1 heterocycles. The highest BCUT2D eigenvalue weighted by molar-refractivity contribution is 6.30. The van der Waals surface area contributed by atoms with Crippen LogP contribution in [0.25, 0.3) is 0 Å². The van der Waals surface area contributed by atoms with Crippen molar-refractivity contribution >= 4 is 11.6 Å². The van der Waals surface area contributed by atoms with Crippen LogP contribution < -0.4 is 0 Å². The SMILES string of the molecule is CC(C)(C)C(O)C(CCCCCc1ccc(Cl)cc1)n1cncn1. The zero-order valence-electron chi connectivity index (χ0n) is 14.8. The summed E-state index contributed by atoms with van der Waals surface area (Å²) >= 11 is 5.91. The molecule has 0 saturated carbocycles. The highest BCUT2D eigenvalue weighted by Crippen LogP contribution is 2.31. The molecule has 0 aliphatic carbocycles. The summed E-state index contributed by atoms with van der Waals surface area (Å²) < 4.78 is 1.80. The average Bonchev–Trinajstić information content (AvgIpc) is 3.05. The van der Waals surface area contributed by atoms with Crippen molar-refractivity contribution in [3.05, 3.63) is 47.5 Å². The predicted octanol–water partition coefficient (Wildman–Crippen LogP) is 4.68. The van der Waals surface area contributed by atoms with Gasteiger partial charge in [-0.15, -0.1) is 0 Å². The number of aliphatic hydroxyl groups excluding tert-OH is 1. The van der Waals surface area contributed by atoms with Gasteiger partial charge in [-0.3, -0.25) is 0 Å². The fourth-order valence-electron chi connectivity index (χ4n) is 2.91. The third-order valence-corrected chi connectivity index (χ3v) is 4.66. The Morgan fingerprint density at radius 1 is 1.12 bits per heavy atom. The number of benzene rings is 1. The van der Waals surface area contributed by atoms with E-state index in [0.717, 1.165) is 37.1 Å². The van der Waals surface area contributed by atoms with Crippen LogP contribution in [0.4, 0.5) is 0 Å². The summed E-state index contributed by atoms with van der Waals surface area (Å²) in [6.07, 6.45) is 8.08. The first-order valence-electron chi connectivity index (χ1n) is 8.64. The molecule has 1 N–H and O–H groups in total. The third-order valence-electron chi connectivity index (χ3n) is 4.41. The first kappa shape index (κ1) is 18.9. The van der Waals surface area contributed by atoms with E-state index >= 15 is 0 Å². The van der Waals surface area contributed by atoms with Crippen LogP contribution in [0.15, 0.2) is 36.9 Å². The molecule has 0 radical (unpaired) electrons. The van der Waals surface area contributed by atoms with Gasteiger partial charge in [0, 0.05) is 5.02 Å². The Morgan fingerprint density at radius 2 is 1.83 bits per heavy atom. The van der Waals surface area contributed by atoms with Gasteiger partial charge in [-0.25, -0.2) is 9.67 Å². The summed E-state index contributed by atoms with van der Waals surface area (Å²) in [7, 11) is 0. The van der Waals surface area contributed by atoms with Gasteiger partial charge in [0.25, 0.3) is 0 Å². The molecule has 1 aromatic heterocycles. The standard InChI is InChI=1S/C19H28ClN3O/c1-19(2,3)18(24)17(23-14-21-13-22-23)8-6-4-5-7-15-9-11-16(20)12-10-15/h9-14,17-18,24H,4-8H2,1-3H3. The van der Waals surface area contributed by atoms with Gasteiger partial charge >= 0.3 is 0 Å². The van der Waals surface area contributed by atoms with Gasteiger partial charge in [-0.05, 0) is 42.4 Å². The van der Waals surface area contributed by atoms with E-state index in [2.05, 4.69) is 43.0 Å². The number of rotatable bonds is 8. The topological polar surface area (TPSA) is 50.9 Å². The van der Waals surface area contributed by atoms with E-state index in [1.165, 1.54) is 11.9 Å². The molecule has 0 fully saturated rings. The summed E-state index contributed by atoms with van der Waals surface area (Å²) in [6, 6.07) is 8.03. The molecule has 0 saturated heterocycles. The zero-order chi connectivity index (χ0) is 17.6. The maximum atomic E-state index is 10.7. The van der Waals surface area contributed by atoms with E-state index in [1.54, 1.807) is 11.0 Å². The molecule has 4 nitrogen and oxygen atoms in total. The Balaban J connectivity index is 1.81. The molecular weight excluding hydrogens is 322 g/mol. The van der Waals surface area contributed by atoms with Gasteiger partial charge in [0.1, 0.15) is 12.7 Å². The second-order valence-electron chi connectivity index (χ2n) is 7.48. The van der Waals surface area contributed by atoms with E-state index in [1.807, 2.05) is 12.1 Å². The van der Waals surface area contributed by atoms with Crippen molar-refractivity contribution in [1.82, 2.24) is 14.8 Å². The first-order valence-corrected chi connectivity index (χ1v) is 9.02. The number of aliphatic hydroxyl groups is 1. The minimum atomic E-state index is -0.449. The van der Waals surface area contributed by atoms with Crippen molar-refractivity contribution in [3.8, 4) is 0 Å². The molecule has 24 heavy (non-hydrogen) atoms. The lowest BCUT2D eigenvalue weighted by Gasteiger charge is -2.33. The van der Waals surface area contributed by atoms with Crippen LogP contribution in [0.2, 0.25) is 5.02 Å². The van der Waals surface area contributed by atoms with Crippen LogP contribution in [0, 0.1) is 5.41 Å². The number of nitrogens with zero attached hydrogens (tertiary/aromatic N) is 3. The highest BCUT2D eigenvalue weighted by atomic mass is 35.5. The van der Waals surface area contributed by atoms with Crippen LogP contribution in [0.5, 0.6) is 0 Å². The van der Waals surface area contributed by atoms with Crippen LogP contribution in [-0.4, -0.2) is 26.0 Å². The monoisotopic (exact) mass is 349 g/mol. The maximum Gasteiger partial charge on any atom is 0.137 e. The van der Waals surface area contributed by atoms with Gasteiger partial charge in [0.15, 0.2) is 0 Å². The van der Waals surface area contributed by atoms with E-state index in [9.17, 15) is 5.11 Å². The number of unbranched alkanes of at least 4 members (excludes halogenated alkanes) is 2. The molecule has 1 aromatic carbocycles. The number of hydrogen-bond donors (Lipinski definition) is 1. The second-order valence-corrected chi connectivity index (χ2v) is 7.92. The summed E-state index contributed by atoms with van der Waals surface area (Å²) in [5, 5.41) is 15.7. The zero-order valence-corrected chi connectivity index (χ0v) is 15.6. The Morgan fingerprint density at radius 3 is 2.42 bits per heavy atom. The summed E-state index contributed by atoms with van der Waals surface area (Å²) in [5.74, 6) is 0. The van der Waals surface area contributed by atoms with Crippen molar-refractivity contribution < 1.29 is 5.11 Å². The second kappa shape index (κ2) is 8.63. The van der Waals surface area contributed by atoms with E-state index in [0.29, 0.717) is 0 Å². The van der Waals surface area contributed by atoms with E-state index in [4.69, 9.17) is 11.6 Å². The fraction of sp³-hybridized carbons (Fsp3) is 0.579. The quantitative estimate of drug-likeness (QED) is 0.704. The minimum Gasteiger partial charge on any atom is -0.390 e. The third kappa shape index (κ3) is 5.60. The summed E-state index contributed by atoms with van der Waals surface area (Å²) in [4.78, 5) is 4.03. The van der Waals surface area contributed by atoms with Crippen LogP contribution in [-0.2, 0) is 6.42 Å². The molecule has 132 valence electrons. The molecule has 2 rings (SSSR count). The Labute approximate surface area is 149 Å². The highest BCUT2D eigenvalue weighted by Gasteiger charge is 2.31. The van der Waals surface area contributed by atoms with Crippen molar-refractivity contribution in [2.45, 2.75) is 65.0 Å². The summed E-state index contributed by atoms with van der Waals surface area (Å²) in [6.45, 7) is 6.17. The number of halogens is 1. The molecular formula is C19H28ClN3O. The molecule has 0 spiro atoms. The number of aromatic nitrogens is 3. The van der Waals surface area contributed by atoms with Crippen molar-refractivity contribution in [2.24, 2.45) is 5.41 Å². The smallest absolute Gasteiger partial charge is 0.137 e. The van der Waals surface area contributed by atoms with E-state index in [-0.39, 0.29) is 11.5 Å². The minimum absolute atomic E-state index is 0.0250. The molecule has 2 aromatic rings. The molecule has 5 heteroatoms. The lowest BCUT2D eigenvalue weighted by atomic mass is 9.83. The van der Waals surface area contributed by atoms with Crippen LogP contribution >= 0.6 is 11.6 Å². The Bertz CT molecular complexity index is 590. The molecule has 0 aliphatic heterocycles. The van der Waals surface area contributed by atoms with Crippen molar-refractivity contribution in [1.29, 1.82) is 0 Å². The van der Waals surface area contributed by atoms with Gasteiger partial charge in [0.2, 0.25) is 0 Å². The molecule has 2 unspecified atom stereocenters. The largest absolute Gasteiger partial charge is 0.390 e. The Hall–Kier alpha value is -1.39. The maximum absolute atomic E-state index is 10.7. The molecule has 0 amide bonds. The fourth-order valence-corrected chi connectivity index (χ4v) is 3.04. The summed E-state index contributed by atoms with van der Waals surface area (Å²) in [5.41, 5.74) is 1.14. The van der Waals surface area contributed by atoms with E-state index < -0.39 is 6.10 Å². The number of aryl methyl sites for hydroxylation is 1. The van der Waals surface area contributed by atoms with Crippen LogP contribution in [0.3, 0.4) is 0 Å². The first-order chi connectivity index (χ1) is 11.4. The van der Waals surface area contributed by atoms with Crippen molar-refractivity contribution in [2.75, 3.05) is 0 Å². The molecule has 2 atom stereocenters. The molecule has 0 bridgehead atoms. The van der Waals surface area contributed by atoms with Gasteiger partial charge in [0.05, 0.1) is 12.1 Å². The van der Waals surface area contributed by atoms with Crippen LogP contribution in [0.1, 0.15) is 58.1 Å². The number of hydrogen-bond acceptors (Lipinski definition) is 3. The van der Waals surface area contributed by atoms with Gasteiger partial charge in [-0.2, -0.15) is 5.10 Å². The lowest BCUT2D eigenvalue weighted by Crippen LogP contribution is -2.35. The van der Waals surface area contributed by atoms with Gasteiger partial charge < -0.3 is 5.11 Å². The van der Waals surface area contributed by atoms with Gasteiger partial charge in [-0.1, -0.05) is 57.3 Å². The average molecular weight is 350 g/mol. The lowest BCUT2D eigenvalue weighted by molar-refractivity contribution is 0.00846. The van der Waals surface area contributed by atoms with Crippen molar-refractivity contribution in [3.63, 3.8) is 0 Å². The normalized spacial score (nSPS) is 14.5.